The van der Waals surface area contributed by atoms with E-state index in [4.69, 9.17) is 14.9 Å². The molecule has 1 atom stereocenters. The Morgan fingerprint density at radius 1 is 1.23 bits per heavy atom. The monoisotopic (exact) mass is 340 g/mol. The van der Waals surface area contributed by atoms with E-state index < -0.39 is 52.0 Å². The molecule has 0 aliphatic heterocycles. The van der Waals surface area contributed by atoms with Gasteiger partial charge >= 0.3 is 18.0 Å². The van der Waals surface area contributed by atoms with Gasteiger partial charge in [0.1, 0.15) is 18.2 Å². The molecule has 0 bridgehead atoms. The molecule has 11 heteroatoms. The largest absolute Gasteiger partial charge is 0.480 e. The number of carboxylic acid groups (broad SMARTS) is 2. The summed E-state index contributed by atoms with van der Waals surface area (Å²) in [5, 5.41) is 19.5. The number of carbonyl (C=O) groups excluding carboxylic acids is 1. The quantitative estimate of drug-likeness (QED) is 0.551. The van der Waals surface area contributed by atoms with Gasteiger partial charge in [-0.25, -0.2) is 18.0 Å². The van der Waals surface area contributed by atoms with Gasteiger partial charge in [-0.1, -0.05) is 0 Å². The van der Waals surface area contributed by atoms with Gasteiger partial charge in [0.05, 0.1) is 5.75 Å². The lowest BCUT2D eigenvalue weighted by Gasteiger charge is -2.23. The molecule has 0 radical (unpaired) electrons. The number of hydrogen-bond donors (Lipinski definition) is 3. The summed E-state index contributed by atoms with van der Waals surface area (Å²) < 4.78 is 29.0. The Balaban J connectivity index is 4.95. The minimum atomic E-state index is -4.19. The topological polar surface area (TPSA) is 150 Å². The fraction of sp³-hybridized carbons (Fsp3) is 0.727. The third-order valence-corrected chi connectivity index (χ3v) is 4.03. The van der Waals surface area contributed by atoms with Gasteiger partial charge in [0, 0.05) is 7.05 Å². The molecule has 0 aliphatic carbocycles. The summed E-state index contributed by atoms with van der Waals surface area (Å²) in [7, 11) is -3.19. The Hall–Kier alpha value is -1.88. The molecule has 0 saturated carbocycles. The number of aliphatic carboxylic acids is 2. The number of rotatable bonds is 7. The van der Waals surface area contributed by atoms with Crippen LogP contribution in [0.25, 0.3) is 0 Å². The molecule has 0 aliphatic rings. The van der Waals surface area contributed by atoms with E-state index in [1.165, 1.54) is 0 Å². The summed E-state index contributed by atoms with van der Waals surface area (Å²) in [5.74, 6) is -3.97. The summed E-state index contributed by atoms with van der Waals surface area (Å²) in [5.41, 5.74) is -0.883. The molecule has 0 fully saturated rings. The highest BCUT2D eigenvalue weighted by atomic mass is 32.2. The Morgan fingerprint density at radius 3 is 2.09 bits per heavy atom. The highest BCUT2D eigenvalue weighted by molar-refractivity contribution is 7.89. The van der Waals surface area contributed by atoms with Crippen LogP contribution in [0.5, 0.6) is 0 Å². The predicted molar refractivity (Wildman–Crippen MR) is 74.8 cm³/mol. The maximum Gasteiger partial charge on any atom is 0.408 e. The van der Waals surface area contributed by atoms with E-state index in [2.05, 4.69) is 0 Å². The van der Waals surface area contributed by atoms with Crippen molar-refractivity contribution in [1.29, 1.82) is 0 Å². The zero-order chi connectivity index (χ0) is 17.7. The highest BCUT2D eigenvalue weighted by Crippen LogP contribution is 2.08. The van der Waals surface area contributed by atoms with Crippen molar-refractivity contribution < 1.29 is 37.8 Å². The number of nitrogens with zero attached hydrogens (tertiary/aromatic N) is 1. The van der Waals surface area contributed by atoms with Crippen molar-refractivity contribution in [3.63, 3.8) is 0 Å². The number of ether oxygens (including phenoxy) is 1. The summed E-state index contributed by atoms with van der Waals surface area (Å²) in [6.07, 6.45) is -1.09. The normalized spacial score (nSPS) is 13.5. The number of sulfonamides is 1. The molecule has 1 amide bonds. The average Bonchev–Trinajstić information content (AvgIpc) is 2.23. The number of amides is 1. The van der Waals surface area contributed by atoms with Crippen LogP contribution in [0, 0.1) is 0 Å². The van der Waals surface area contributed by atoms with Gasteiger partial charge in [0.2, 0.25) is 10.0 Å². The molecule has 0 aromatic heterocycles. The summed E-state index contributed by atoms with van der Waals surface area (Å²) in [4.78, 5) is 33.1. The first kappa shape index (κ1) is 20.1. The van der Waals surface area contributed by atoms with Gasteiger partial charge in [0.25, 0.3) is 0 Å². The lowest BCUT2D eigenvalue weighted by molar-refractivity contribution is -0.139. The van der Waals surface area contributed by atoms with E-state index in [-0.39, 0.29) is 0 Å². The number of nitrogens with one attached hydrogen (secondary N) is 1. The van der Waals surface area contributed by atoms with Crippen LogP contribution in [0.15, 0.2) is 0 Å². The smallest absolute Gasteiger partial charge is 0.408 e. The van der Waals surface area contributed by atoms with E-state index in [1.54, 1.807) is 20.8 Å². The van der Waals surface area contributed by atoms with E-state index >= 15 is 0 Å². The third-order valence-electron chi connectivity index (χ3n) is 2.20. The van der Waals surface area contributed by atoms with E-state index in [0.717, 1.165) is 7.05 Å². The molecule has 0 heterocycles. The minimum absolute atomic E-state index is 0.488. The molecular weight excluding hydrogens is 320 g/mol. The second kappa shape index (κ2) is 7.40. The summed E-state index contributed by atoms with van der Waals surface area (Å²) in [6, 6.07) is -1.77. The number of carboxylic acids is 2. The standard InChI is InChI=1S/C11H20N2O8S/c1-11(2,3)21-10(18)12-7(9(16)17)6-22(19,20)13(4)5-8(14)15/h7H,5-6H2,1-4H3,(H,12,18)(H,14,15)(H,16,17)/t7-/m0/s1. The summed E-state index contributed by atoms with van der Waals surface area (Å²) in [6.45, 7) is 3.85. The molecule has 0 unspecified atom stereocenters. The third kappa shape index (κ3) is 7.78. The molecule has 0 aromatic carbocycles. The Morgan fingerprint density at radius 2 is 1.73 bits per heavy atom. The molecule has 22 heavy (non-hydrogen) atoms. The van der Waals surface area contributed by atoms with Gasteiger partial charge in [-0.05, 0) is 20.8 Å². The van der Waals surface area contributed by atoms with Crippen molar-refractivity contribution in [3.8, 4) is 0 Å². The van der Waals surface area contributed by atoms with Crippen LogP contribution in [0.3, 0.4) is 0 Å². The van der Waals surface area contributed by atoms with Crippen LogP contribution in [-0.2, 0) is 24.3 Å². The zero-order valence-electron chi connectivity index (χ0n) is 12.7. The van der Waals surface area contributed by atoms with Gasteiger partial charge in [-0.2, -0.15) is 4.31 Å². The maximum absolute atomic E-state index is 11.9. The van der Waals surface area contributed by atoms with Crippen LogP contribution >= 0.6 is 0 Å². The lowest BCUT2D eigenvalue weighted by atomic mass is 10.2. The number of alkyl carbamates (subject to hydrolysis) is 1. The SMILES string of the molecule is CN(CC(=O)O)S(=O)(=O)C[C@H](NC(=O)OC(C)(C)C)C(=O)O. The average molecular weight is 340 g/mol. The van der Waals surface area contributed by atoms with Crippen molar-refractivity contribution >= 4 is 28.1 Å². The Labute approximate surface area is 128 Å². The molecule has 0 rings (SSSR count). The first-order chi connectivity index (χ1) is 9.74. The molecule has 10 nitrogen and oxygen atoms in total. The summed E-state index contributed by atoms with van der Waals surface area (Å²) >= 11 is 0. The van der Waals surface area contributed by atoms with Gasteiger partial charge in [0.15, 0.2) is 0 Å². The molecule has 128 valence electrons. The van der Waals surface area contributed by atoms with E-state index in [1.807, 2.05) is 5.32 Å². The van der Waals surface area contributed by atoms with Gasteiger partial charge in [-0.15, -0.1) is 0 Å². The number of carbonyl (C=O) groups is 3. The van der Waals surface area contributed by atoms with Gasteiger partial charge in [-0.3, -0.25) is 4.79 Å². The van der Waals surface area contributed by atoms with Crippen LogP contribution < -0.4 is 5.32 Å². The second-order valence-corrected chi connectivity index (χ2v) is 7.59. The van der Waals surface area contributed by atoms with Gasteiger partial charge < -0.3 is 20.3 Å². The lowest BCUT2D eigenvalue weighted by Crippen LogP contribution is -2.49. The van der Waals surface area contributed by atoms with Crippen LogP contribution in [-0.4, -0.2) is 72.0 Å². The van der Waals surface area contributed by atoms with Crippen LogP contribution in [0.4, 0.5) is 4.79 Å². The fourth-order valence-corrected chi connectivity index (χ4v) is 2.46. The molecule has 0 spiro atoms. The van der Waals surface area contributed by atoms with E-state index in [0.29, 0.717) is 4.31 Å². The number of likely N-dealkylation sites (N-methyl/N-ethyl adjacent to an activating group) is 1. The highest BCUT2D eigenvalue weighted by Gasteiger charge is 2.31. The fourth-order valence-electron chi connectivity index (χ4n) is 1.25. The Kier molecular flexibility index (Phi) is 6.77. The predicted octanol–water partition coefficient (Wildman–Crippen LogP) is -0.689. The van der Waals surface area contributed by atoms with Crippen LogP contribution in [0.1, 0.15) is 20.8 Å². The first-order valence-corrected chi connectivity index (χ1v) is 7.73. The van der Waals surface area contributed by atoms with Crippen molar-refractivity contribution in [3.05, 3.63) is 0 Å². The maximum atomic E-state index is 11.9. The number of hydrogen-bond acceptors (Lipinski definition) is 6. The molecule has 0 aromatic rings. The van der Waals surface area contributed by atoms with Crippen molar-refractivity contribution in [1.82, 2.24) is 9.62 Å². The minimum Gasteiger partial charge on any atom is -0.480 e. The molecular formula is C11H20N2O8S. The van der Waals surface area contributed by atoms with Crippen molar-refractivity contribution in [2.75, 3.05) is 19.3 Å². The Bertz CT molecular complexity index is 537. The second-order valence-electron chi connectivity index (χ2n) is 5.47. The molecule has 0 saturated heterocycles. The van der Waals surface area contributed by atoms with E-state index in [9.17, 15) is 22.8 Å². The first-order valence-electron chi connectivity index (χ1n) is 6.13. The zero-order valence-corrected chi connectivity index (χ0v) is 13.5. The van der Waals surface area contributed by atoms with Crippen LogP contribution in [0.2, 0.25) is 0 Å². The molecule has 3 N–H and O–H groups in total. The van der Waals surface area contributed by atoms with Crippen molar-refractivity contribution in [2.45, 2.75) is 32.4 Å². The van der Waals surface area contributed by atoms with Crippen molar-refractivity contribution in [2.24, 2.45) is 0 Å².